The summed E-state index contributed by atoms with van der Waals surface area (Å²) in [6.45, 7) is 3.07. The van der Waals surface area contributed by atoms with Gasteiger partial charge in [0.2, 0.25) is 5.91 Å². The van der Waals surface area contributed by atoms with Crippen molar-refractivity contribution in [3.8, 4) is 5.75 Å². The van der Waals surface area contributed by atoms with Gasteiger partial charge in [0.25, 0.3) is 0 Å². The highest BCUT2D eigenvalue weighted by Gasteiger charge is 2.05. The molecule has 3 rings (SSSR count). The largest absolute Gasteiger partial charge is 0.494 e. The number of hydrogen-bond donors (Lipinski definition) is 1. The van der Waals surface area contributed by atoms with Crippen molar-refractivity contribution in [3.63, 3.8) is 0 Å². The fourth-order valence-corrected chi connectivity index (χ4v) is 2.53. The highest BCUT2D eigenvalue weighted by atomic mass is 16.5. The number of ether oxygens (including phenoxy) is 1. The minimum Gasteiger partial charge on any atom is -0.494 e. The van der Waals surface area contributed by atoms with E-state index in [2.05, 4.69) is 16.4 Å². The molecule has 0 fully saturated rings. The van der Waals surface area contributed by atoms with E-state index in [1.807, 2.05) is 55.5 Å². The number of para-hydroxylation sites is 1. The minimum atomic E-state index is -0.00711. The Kier molecular flexibility index (Phi) is 5.06. The van der Waals surface area contributed by atoms with Gasteiger partial charge in [-0.05, 0) is 42.3 Å². The maximum Gasteiger partial charge on any atom is 0.224 e. The molecule has 3 aromatic rings. The summed E-state index contributed by atoms with van der Waals surface area (Å²) in [6, 6.07) is 17.6. The lowest BCUT2D eigenvalue weighted by Crippen LogP contribution is -2.24. The molecule has 1 amide bonds. The van der Waals surface area contributed by atoms with Crippen LogP contribution in [0.15, 0.2) is 60.8 Å². The zero-order chi connectivity index (χ0) is 16.8. The first-order chi connectivity index (χ1) is 11.7. The van der Waals surface area contributed by atoms with Crippen molar-refractivity contribution in [1.82, 2.24) is 10.3 Å². The second-order valence-electron chi connectivity index (χ2n) is 5.57. The number of carbonyl (C=O) groups excluding carboxylic acids is 1. The first-order valence-electron chi connectivity index (χ1n) is 8.06. The minimum absolute atomic E-state index is 0.00711. The molecule has 0 saturated carbocycles. The molecule has 0 saturated heterocycles. The van der Waals surface area contributed by atoms with Gasteiger partial charge in [-0.2, -0.15) is 0 Å². The van der Waals surface area contributed by atoms with Gasteiger partial charge < -0.3 is 10.1 Å². The molecule has 0 unspecified atom stereocenters. The number of rotatable bonds is 6. The van der Waals surface area contributed by atoms with Gasteiger partial charge in [-0.15, -0.1) is 0 Å². The van der Waals surface area contributed by atoms with Crippen LogP contribution in [0.5, 0.6) is 5.75 Å². The smallest absolute Gasteiger partial charge is 0.224 e. The maximum absolute atomic E-state index is 12.1. The summed E-state index contributed by atoms with van der Waals surface area (Å²) < 4.78 is 5.40. The Morgan fingerprint density at radius 2 is 1.88 bits per heavy atom. The normalized spacial score (nSPS) is 10.5. The van der Waals surface area contributed by atoms with E-state index in [0.717, 1.165) is 27.8 Å². The Morgan fingerprint density at radius 1 is 1.08 bits per heavy atom. The second kappa shape index (κ2) is 7.59. The fraction of sp³-hybridized carbons (Fsp3) is 0.200. The van der Waals surface area contributed by atoms with E-state index in [4.69, 9.17) is 4.74 Å². The molecule has 0 spiro atoms. The van der Waals surface area contributed by atoms with Gasteiger partial charge in [0, 0.05) is 18.1 Å². The van der Waals surface area contributed by atoms with Crippen LogP contribution in [0.3, 0.4) is 0 Å². The van der Waals surface area contributed by atoms with Crippen molar-refractivity contribution in [3.05, 3.63) is 71.9 Å². The molecule has 1 N–H and O–H groups in total. The van der Waals surface area contributed by atoms with Crippen LogP contribution < -0.4 is 10.1 Å². The lowest BCUT2D eigenvalue weighted by molar-refractivity contribution is -0.120. The fourth-order valence-electron chi connectivity index (χ4n) is 2.53. The van der Waals surface area contributed by atoms with Crippen LogP contribution >= 0.6 is 0 Å². The summed E-state index contributed by atoms with van der Waals surface area (Å²) in [6.07, 6.45) is 2.16. The summed E-state index contributed by atoms with van der Waals surface area (Å²) in [4.78, 5) is 16.5. The van der Waals surface area contributed by atoms with Crippen LogP contribution in [0.1, 0.15) is 18.1 Å². The number of amides is 1. The van der Waals surface area contributed by atoms with Gasteiger partial charge in [-0.25, -0.2) is 0 Å². The average molecular weight is 320 g/mol. The predicted molar refractivity (Wildman–Crippen MR) is 94.9 cm³/mol. The first kappa shape index (κ1) is 16.0. The summed E-state index contributed by atoms with van der Waals surface area (Å²) in [5, 5.41) is 4.02. The lowest BCUT2D eigenvalue weighted by Gasteiger charge is -2.07. The summed E-state index contributed by atoms with van der Waals surface area (Å²) in [5.74, 6) is 0.816. The molecule has 0 atom stereocenters. The number of nitrogens with one attached hydrogen (secondary N) is 1. The van der Waals surface area contributed by atoms with E-state index in [1.54, 1.807) is 6.20 Å². The van der Waals surface area contributed by atoms with Crippen molar-refractivity contribution in [2.75, 3.05) is 6.61 Å². The van der Waals surface area contributed by atoms with Gasteiger partial charge in [0.05, 0.1) is 18.5 Å². The van der Waals surface area contributed by atoms with E-state index in [1.165, 1.54) is 0 Å². The predicted octanol–water partition coefficient (Wildman–Crippen LogP) is 3.49. The molecule has 122 valence electrons. The van der Waals surface area contributed by atoms with E-state index in [9.17, 15) is 4.79 Å². The van der Waals surface area contributed by atoms with Crippen LogP contribution in [0, 0.1) is 0 Å². The highest BCUT2D eigenvalue weighted by molar-refractivity contribution is 5.80. The zero-order valence-electron chi connectivity index (χ0n) is 13.7. The third-order valence-corrected chi connectivity index (χ3v) is 3.74. The number of aromatic nitrogens is 1. The van der Waals surface area contributed by atoms with Crippen LogP contribution in [-0.4, -0.2) is 17.5 Å². The van der Waals surface area contributed by atoms with E-state index in [0.29, 0.717) is 19.6 Å². The van der Waals surface area contributed by atoms with Crippen LogP contribution in [0.4, 0.5) is 0 Å². The van der Waals surface area contributed by atoms with Crippen molar-refractivity contribution in [2.45, 2.75) is 19.9 Å². The Hall–Kier alpha value is -2.88. The molecule has 0 bridgehead atoms. The topological polar surface area (TPSA) is 51.2 Å². The Morgan fingerprint density at radius 3 is 2.67 bits per heavy atom. The van der Waals surface area contributed by atoms with E-state index >= 15 is 0 Å². The number of fused-ring (bicyclic) bond motifs is 1. The van der Waals surface area contributed by atoms with Gasteiger partial charge in [-0.3, -0.25) is 9.78 Å². The number of pyridine rings is 1. The monoisotopic (exact) mass is 320 g/mol. The van der Waals surface area contributed by atoms with E-state index in [-0.39, 0.29) is 5.91 Å². The van der Waals surface area contributed by atoms with Crippen LogP contribution in [-0.2, 0) is 17.8 Å². The van der Waals surface area contributed by atoms with Crippen molar-refractivity contribution < 1.29 is 9.53 Å². The van der Waals surface area contributed by atoms with Crippen LogP contribution in [0.2, 0.25) is 0 Å². The third-order valence-electron chi connectivity index (χ3n) is 3.74. The molecule has 0 aliphatic carbocycles. The average Bonchev–Trinajstić information content (AvgIpc) is 2.62. The Bertz CT molecular complexity index is 828. The number of carbonyl (C=O) groups is 1. The molecule has 4 nitrogen and oxygen atoms in total. The standard InChI is InChI=1S/C20H20N2O2/c1-2-24-18-9-7-15(8-10-18)12-20(23)22-14-16-11-17-5-3-4-6-19(17)21-13-16/h3-11,13H,2,12,14H2,1H3,(H,22,23). The molecule has 1 heterocycles. The van der Waals surface area contributed by atoms with Gasteiger partial charge in [0.1, 0.15) is 5.75 Å². The summed E-state index contributed by atoms with van der Waals surface area (Å²) in [5.41, 5.74) is 2.92. The second-order valence-corrected chi connectivity index (χ2v) is 5.57. The SMILES string of the molecule is CCOc1ccc(CC(=O)NCc2cnc3ccccc3c2)cc1. The molecule has 0 radical (unpaired) electrons. The number of benzene rings is 2. The summed E-state index contributed by atoms with van der Waals surface area (Å²) >= 11 is 0. The van der Waals surface area contributed by atoms with Gasteiger partial charge in [-0.1, -0.05) is 30.3 Å². The number of hydrogen-bond acceptors (Lipinski definition) is 3. The van der Waals surface area contributed by atoms with E-state index < -0.39 is 0 Å². The lowest BCUT2D eigenvalue weighted by atomic mass is 10.1. The molecular weight excluding hydrogens is 300 g/mol. The quantitative estimate of drug-likeness (QED) is 0.756. The zero-order valence-corrected chi connectivity index (χ0v) is 13.7. The third kappa shape index (κ3) is 4.10. The molecule has 1 aromatic heterocycles. The summed E-state index contributed by atoms with van der Waals surface area (Å²) in [7, 11) is 0. The highest BCUT2D eigenvalue weighted by Crippen LogP contribution is 2.14. The van der Waals surface area contributed by atoms with Crippen LogP contribution in [0.25, 0.3) is 10.9 Å². The number of nitrogens with zero attached hydrogens (tertiary/aromatic N) is 1. The van der Waals surface area contributed by atoms with Crippen molar-refractivity contribution in [1.29, 1.82) is 0 Å². The Labute approximate surface area is 141 Å². The van der Waals surface area contributed by atoms with Crippen molar-refractivity contribution >= 4 is 16.8 Å². The molecular formula is C20H20N2O2. The maximum atomic E-state index is 12.1. The first-order valence-corrected chi connectivity index (χ1v) is 8.06. The molecule has 0 aliphatic heterocycles. The van der Waals surface area contributed by atoms with Crippen molar-refractivity contribution in [2.24, 2.45) is 0 Å². The van der Waals surface area contributed by atoms with Gasteiger partial charge in [0.15, 0.2) is 0 Å². The van der Waals surface area contributed by atoms with Gasteiger partial charge >= 0.3 is 0 Å². The Balaban J connectivity index is 1.56. The molecule has 4 heteroatoms. The molecule has 24 heavy (non-hydrogen) atoms. The molecule has 0 aliphatic rings. The molecule has 2 aromatic carbocycles.